The number of allylic oxidation sites excluding steroid dienone is 1. The van der Waals surface area contributed by atoms with Crippen LogP contribution in [0.4, 0.5) is 5.69 Å². The van der Waals surface area contributed by atoms with Crippen molar-refractivity contribution in [2.24, 2.45) is 0 Å². The molecule has 1 aliphatic rings. The fraction of sp³-hybridized carbons (Fsp3) is 0.318. The fourth-order valence-corrected chi connectivity index (χ4v) is 5.05. The van der Waals surface area contributed by atoms with Crippen molar-refractivity contribution in [3.63, 3.8) is 0 Å². The molecule has 0 spiro atoms. The molecule has 10 nitrogen and oxygen atoms in total. The zero-order valence-corrected chi connectivity index (χ0v) is 19.2. The summed E-state index contributed by atoms with van der Waals surface area (Å²) >= 11 is 0. The number of methoxy groups -OCH3 is 1. The Morgan fingerprint density at radius 2 is 1.82 bits per heavy atom. The van der Waals surface area contributed by atoms with E-state index in [1.54, 1.807) is 12.1 Å². The molecule has 3 rings (SSSR count). The van der Waals surface area contributed by atoms with Gasteiger partial charge in [-0.25, -0.2) is 8.42 Å². The summed E-state index contributed by atoms with van der Waals surface area (Å²) in [6.45, 7) is 2.04. The molecule has 0 atom stereocenters. The molecule has 1 aliphatic heterocycles. The Kier molecular flexibility index (Phi) is 7.67. The van der Waals surface area contributed by atoms with E-state index in [0.29, 0.717) is 11.5 Å². The number of nitro benzene ring substituents is 1. The van der Waals surface area contributed by atoms with E-state index in [1.165, 1.54) is 30.2 Å². The molecule has 0 radical (unpaired) electrons. The van der Waals surface area contributed by atoms with Gasteiger partial charge in [0.05, 0.1) is 12.0 Å². The molecular formula is C22H25N3O7S. The van der Waals surface area contributed by atoms with E-state index in [2.05, 4.69) is 0 Å². The third-order valence-corrected chi connectivity index (χ3v) is 7.12. The normalized spacial score (nSPS) is 14.9. The number of rotatable bonds is 8. The van der Waals surface area contributed by atoms with Gasteiger partial charge >= 0.3 is 0 Å². The van der Waals surface area contributed by atoms with E-state index in [9.17, 15) is 23.3 Å². The number of para-hydroxylation sites is 1. The van der Waals surface area contributed by atoms with Gasteiger partial charge in [-0.15, -0.1) is 0 Å². The van der Waals surface area contributed by atoms with Crippen LogP contribution in [0.15, 0.2) is 53.4 Å². The van der Waals surface area contributed by atoms with Crippen molar-refractivity contribution in [2.75, 3.05) is 39.9 Å². The molecule has 2 aromatic rings. The highest BCUT2D eigenvalue weighted by atomic mass is 32.2. The summed E-state index contributed by atoms with van der Waals surface area (Å²) in [5.41, 5.74) is 0.461. The van der Waals surface area contributed by atoms with Crippen LogP contribution in [0.2, 0.25) is 0 Å². The number of hydrogen-bond donors (Lipinski definition) is 0. The molecule has 176 valence electrons. The van der Waals surface area contributed by atoms with E-state index in [0.717, 1.165) is 15.9 Å². The third-order valence-electron chi connectivity index (χ3n) is 5.17. The number of ether oxygens (including phenoxy) is 2. The Balaban J connectivity index is 1.61. The predicted molar refractivity (Wildman–Crippen MR) is 122 cm³/mol. The van der Waals surface area contributed by atoms with Crippen molar-refractivity contribution < 1.29 is 27.6 Å². The van der Waals surface area contributed by atoms with Gasteiger partial charge in [0, 0.05) is 32.2 Å². The highest BCUT2D eigenvalue weighted by Crippen LogP contribution is 2.29. The topological polar surface area (TPSA) is 119 Å². The fourth-order valence-electron chi connectivity index (χ4n) is 3.47. The average Bonchev–Trinajstić information content (AvgIpc) is 2.83. The molecule has 0 saturated carbocycles. The second kappa shape index (κ2) is 10.5. The Morgan fingerprint density at radius 3 is 2.45 bits per heavy atom. The van der Waals surface area contributed by atoms with E-state index < -0.39 is 20.6 Å². The minimum absolute atomic E-state index is 0.0293. The summed E-state index contributed by atoms with van der Waals surface area (Å²) in [5, 5.41) is 11.2. The van der Waals surface area contributed by atoms with E-state index in [1.807, 2.05) is 25.1 Å². The summed E-state index contributed by atoms with van der Waals surface area (Å²) in [6.07, 6.45) is 3.81. The lowest BCUT2D eigenvalue weighted by molar-refractivity contribution is -0.387. The summed E-state index contributed by atoms with van der Waals surface area (Å²) in [7, 11) is -2.55. The first-order valence-electron chi connectivity index (χ1n) is 10.2. The van der Waals surface area contributed by atoms with Crippen LogP contribution in [-0.4, -0.2) is 68.3 Å². The number of nitro groups is 1. The number of nitrogens with zero attached hydrogens (tertiary/aromatic N) is 3. The van der Waals surface area contributed by atoms with Crippen LogP contribution < -0.4 is 9.47 Å². The van der Waals surface area contributed by atoms with Gasteiger partial charge in [0.15, 0.2) is 23.0 Å². The Hall–Kier alpha value is -3.44. The SMILES string of the molecule is C/C=C/c1ccc(OCC(=O)N2CCN(S(=O)(=O)c3ccccc3[N+](=O)[O-])CC2)c(OC)c1. The van der Waals surface area contributed by atoms with Crippen molar-refractivity contribution in [1.29, 1.82) is 0 Å². The second-order valence-corrected chi connectivity index (χ2v) is 9.12. The first kappa shape index (κ1) is 24.2. The molecule has 1 heterocycles. The lowest BCUT2D eigenvalue weighted by Crippen LogP contribution is -2.51. The van der Waals surface area contributed by atoms with E-state index >= 15 is 0 Å². The monoisotopic (exact) mass is 475 g/mol. The first-order valence-corrected chi connectivity index (χ1v) is 11.7. The van der Waals surface area contributed by atoms with Crippen LogP contribution in [0.3, 0.4) is 0 Å². The molecule has 0 bridgehead atoms. The number of carbonyl (C=O) groups is 1. The lowest BCUT2D eigenvalue weighted by Gasteiger charge is -2.33. The maximum atomic E-state index is 12.9. The van der Waals surface area contributed by atoms with E-state index in [4.69, 9.17) is 9.47 Å². The summed E-state index contributed by atoms with van der Waals surface area (Å²) in [4.78, 5) is 24.3. The molecule has 0 N–H and O–H groups in total. The predicted octanol–water partition coefficient (Wildman–Crippen LogP) is 2.55. The first-order chi connectivity index (χ1) is 15.8. The Labute approximate surface area is 192 Å². The van der Waals surface area contributed by atoms with Crippen LogP contribution in [0, 0.1) is 10.1 Å². The molecule has 0 aliphatic carbocycles. The smallest absolute Gasteiger partial charge is 0.289 e. The van der Waals surface area contributed by atoms with Gasteiger partial charge in [-0.05, 0) is 30.7 Å². The molecular weight excluding hydrogens is 450 g/mol. The number of sulfonamides is 1. The highest BCUT2D eigenvalue weighted by molar-refractivity contribution is 7.89. The number of hydrogen-bond acceptors (Lipinski definition) is 7. The maximum Gasteiger partial charge on any atom is 0.289 e. The summed E-state index contributed by atoms with van der Waals surface area (Å²) in [6, 6.07) is 10.6. The van der Waals surface area contributed by atoms with Gasteiger partial charge in [0.2, 0.25) is 10.0 Å². The van der Waals surface area contributed by atoms with Crippen LogP contribution in [0.5, 0.6) is 11.5 Å². The van der Waals surface area contributed by atoms with Crippen LogP contribution in [0.25, 0.3) is 6.08 Å². The van der Waals surface area contributed by atoms with Crippen molar-refractivity contribution in [2.45, 2.75) is 11.8 Å². The number of benzene rings is 2. The quantitative estimate of drug-likeness (QED) is 0.425. The molecule has 11 heteroatoms. The number of carbonyl (C=O) groups excluding carboxylic acids is 1. The van der Waals surface area contributed by atoms with Crippen molar-refractivity contribution in [3.05, 3.63) is 64.2 Å². The molecule has 2 aromatic carbocycles. The van der Waals surface area contributed by atoms with Crippen molar-refractivity contribution >= 4 is 27.7 Å². The Morgan fingerprint density at radius 1 is 1.12 bits per heavy atom. The van der Waals surface area contributed by atoms with Gasteiger partial charge in [-0.2, -0.15) is 4.31 Å². The largest absolute Gasteiger partial charge is 0.493 e. The molecule has 0 unspecified atom stereocenters. The lowest BCUT2D eigenvalue weighted by atomic mass is 10.2. The minimum Gasteiger partial charge on any atom is -0.493 e. The zero-order valence-electron chi connectivity index (χ0n) is 18.3. The molecule has 33 heavy (non-hydrogen) atoms. The zero-order chi connectivity index (χ0) is 24.0. The van der Waals surface area contributed by atoms with Gasteiger partial charge in [0.25, 0.3) is 11.6 Å². The van der Waals surface area contributed by atoms with Crippen LogP contribution >= 0.6 is 0 Å². The average molecular weight is 476 g/mol. The number of piperazine rings is 1. The van der Waals surface area contributed by atoms with Crippen molar-refractivity contribution in [1.82, 2.24) is 9.21 Å². The van der Waals surface area contributed by atoms with Gasteiger partial charge in [0.1, 0.15) is 0 Å². The summed E-state index contributed by atoms with van der Waals surface area (Å²) < 4.78 is 38.0. The summed E-state index contributed by atoms with van der Waals surface area (Å²) in [5.74, 6) is 0.632. The van der Waals surface area contributed by atoms with Gasteiger partial charge < -0.3 is 14.4 Å². The third kappa shape index (κ3) is 5.49. The number of amides is 1. The van der Waals surface area contributed by atoms with Crippen LogP contribution in [0.1, 0.15) is 12.5 Å². The second-order valence-electron chi connectivity index (χ2n) is 7.21. The maximum absolute atomic E-state index is 12.9. The van der Waals surface area contributed by atoms with Gasteiger partial charge in [-0.1, -0.05) is 30.4 Å². The molecule has 1 saturated heterocycles. The standard InChI is InChI=1S/C22H25N3O7S/c1-3-6-17-9-10-19(20(15-17)31-2)32-16-22(26)23-11-13-24(14-12-23)33(29,30)21-8-5-4-7-18(21)25(27)28/h3-10,15H,11-14,16H2,1-2H3/b6-3+. The highest BCUT2D eigenvalue weighted by Gasteiger charge is 2.34. The Bertz CT molecular complexity index is 1160. The van der Waals surface area contributed by atoms with Gasteiger partial charge in [-0.3, -0.25) is 14.9 Å². The van der Waals surface area contributed by atoms with Crippen LogP contribution in [-0.2, 0) is 14.8 Å². The minimum atomic E-state index is -4.06. The molecule has 0 aromatic heterocycles. The van der Waals surface area contributed by atoms with Crippen molar-refractivity contribution in [3.8, 4) is 11.5 Å². The van der Waals surface area contributed by atoms with E-state index in [-0.39, 0.29) is 43.6 Å². The molecule has 1 amide bonds. The molecule has 1 fully saturated rings.